The first kappa shape index (κ1) is 18.0. The topological polar surface area (TPSA) is 66.9 Å². The van der Waals surface area contributed by atoms with Crippen LogP contribution in [0.3, 0.4) is 0 Å². The van der Waals surface area contributed by atoms with Crippen LogP contribution in [0, 0.1) is 5.41 Å². The van der Waals surface area contributed by atoms with Crippen molar-refractivity contribution in [2.24, 2.45) is 5.41 Å². The van der Waals surface area contributed by atoms with E-state index in [1.165, 1.54) is 12.0 Å². The summed E-state index contributed by atoms with van der Waals surface area (Å²) in [7, 11) is 2.94. The van der Waals surface area contributed by atoms with Gasteiger partial charge in [0, 0.05) is 18.0 Å². The van der Waals surface area contributed by atoms with Crippen molar-refractivity contribution in [3.63, 3.8) is 0 Å². The first-order valence-corrected chi connectivity index (χ1v) is 7.89. The van der Waals surface area contributed by atoms with Crippen LogP contribution in [0.4, 0.5) is 0 Å². The monoisotopic (exact) mass is 332 g/mol. The summed E-state index contributed by atoms with van der Waals surface area (Å²) in [5.41, 5.74) is 0.129. The molecule has 0 radical (unpaired) electrons. The van der Waals surface area contributed by atoms with Gasteiger partial charge < -0.3 is 14.5 Å². The zero-order valence-corrected chi connectivity index (χ0v) is 14.8. The van der Waals surface area contributed by atoms with Crippen LogP contribution in [0.1, 0.15) is 37.6 Å². The lowest BCUT2D eigenvalue weighted by Gasteiger charge is -2.39. The number of methoxy groups -OCH3 is 1. The molecule has 0 bridgehead atoms. The van der Waals surface area contributed by atoms with E-state index in [1.807, 2.05) is 26.8 Å². The molecule has 24 heavy (non-hydrogen) atoms. The number of hydrogen-bond acceptors (Lipinski definition) is 4. The fourth-order valence-corrected chi connectivity index (χ4v) is 3.24. The van der Waals surface area contributed by atoms with Gasteiger partial charge in [-0.2, -0.15) is 0 Å². The molecule has 0 aliphatic carbocycles. The van der Waals surface area contributed by atoms with Crippen LogP contribution in [-0.4, -0.2) is 53.9 Å². The van der Waals surface area contributed by atoms with E-state index >= 15 is 0 Å². The molecule has 6 heteroatoms. The SMILES string of the molecule is COC(=O)CC1C(=O)N(C)[C@H](C(C)(C)C)N1C(=O)c1ccccc1. The van der Waals surface area contributed by atoms with Gasteiger partial charge >= 0.3 is 5.97 Å². The summed E-state index contributed by atoms with van der Waals surface area (Å²) in [6, 6.07) is 7.94. The highest BCUT2D eigenvalue weighted by atomic mass is 16.5. The van der Waals surface area contributed by atoms with Gasteiger partial charge in [0.15, 0.2) is 0 Å². The Kier molecular flexibility index (Phi) is 4.96. The van der Waals surface area contributed by atoms with Gasteiger partial charge in [0.2, 0.25) is 5.91 Å². The summed E-state index contributed by atoms with van der Waals surface area (Å²) in [5.74, 6) is -1.02. The standard InChI is InChI=1S/C18H24N2O4/c1-18(2,3)17-19(4)16(23)13(11-14(21)24-5)20(17)15(22)12-9-7-6-8-10-12/h6-10,13,17H,11H2,1-5H3/t13?,17-/m0/s1. The third kappa shape index (κ3) is 3.27. The smallest absolute Gasteiger partial charge is 0.308 e. The molecule has 1 aromatic carbocycles. The van der Waals surface area contributed by atoms with Gasteiger partial charge in [0.1, 0.15) is 12.2 Å². The second-order valence-corrected chi connectivity index (χ2v) is 7.06. The maximum absolute atomic E-state index is 13.1. The summed E-state index contributed by atoms with van der Waals surface area (Å²) >= 11 is 0. The van der Waals surface area contributed by atoms with Crippen LogP contribution in [0.2, 0.25) is 0 Å². The average Bonchev–Trinajstić information content (AvgIpc) is 2.79. The van der Waals surface area contributed by atoms with Gasteiger partial charge in [-0.3, -0.25) is 14.4 Å². The maximum atomic E-state index is 13.1. The van der Waals surface area contributed by atoms with E-state index in [0.717, 1.165) is 0 Å². The predicted octanol–water partition coefficient (Wildman–Crippen LogP) is 1.90. The Morgan fingerprint density at radius 1 is 1.17 bits per heavy atom. The second kappa shape index (κ2) is 6.63. The highest BCUT2D eigenvalue weighted by Crippen LogP contribution is 2.36. The van der Waals surface area contributed by atoms with Crippen molar-refractivity contribution in [2.45, 2.75) is 39.4 Å². The molecule has 1 aromatic rings. The van der Waals surface area contributed by atoms with E-state index < -0.39 is 18.2 Å². The molecule has 2 atom stereocenters. The van der Waals surface area contributed by atoms with E-state index in [4.69, 9.17) is 4.74 Å². The third-order valence-corrected chi connectivity index (χ3v) is 4.22. The molecule has 2 rings (SSSR count). The lowest BCUT2D eigenvalue weighted by molar-refractivity contribution is -0.143. The lowest BCUT2D eigenvalue weighted by Crippen LogP contribution is -2.51. The van der Waals surface area contributed by atoms with Gasteiger partial charge in [0.25, 0.3) is 5.91 Å². The van der Waals surface area contributed by atoms with Crippen LogP contribution in [0.25, 0.3) is 0 Å². The van der Waals surface area contributed by atoms with Crippen molar-refractivity contribution >= 4 is 17.8 Å². The third-order valence-electron chi connectivity index (χ3n) is 4.22. The number of carbonyl (C=O) groups excluding carboxylic acids is 3. The number of esters is 1. The van der Waals surface area contributed by atoms with Gasteiger partial charge in [-0.25, -0.2) is 0 Å². The molecule has 1 fully saturated rings. The first-order chi connectivity index (χ1) is 11.2. The Bertz CT molecular complexity index is 636. The number of nitrogens with zero attached hydrogens (tertiary/aromatic N) is 2. The van der Waals surface area contributed by atoms with Gasteiger partial charge in [-0.15, -0.1) is 0 Å². The van der Waals surface area contributed by atoms with Crippen LogP contribution in [0.15, 0.2) is 30.3 Å². The zero-order chi connectivity index (χ0) is 18.1. The van der Waals surface area contributed by atoms with E-state index in [2.05, 4.69) is 0 Å². The van der Waals surface area contributed by atoms with Crippen LogP contribution in [-0.2, 0) is 14.3 Å². The number of rotatable bonds is 3. The summed E-state index contributed by atoms with van der Waals surface area (Å²) in [6.07, 6.45) is -0.586. The molecular weight excluding hydrogens is 308 g/mol. The zero-order valence-electron chi connectivity index (χ0n) is 14.8. The van der Waals surface area contributed by atoms with E-state index in [9.17, 15) is 14.4 Å². The summed E-state index contributed by atoms with van der Waals surface area (Å²) < 4.78 is 4.70. The fourth-order valence-electron chi connectivity index (χ4n) is 3.24. The highest BCUT2D eigenvalue weighted by molar-refractivity contribution is 6.01. The van der Waals surface area contributed by atoms with Gasteiger partial charge in [-0.05, 0) is 12.1 Å². The Balaban J connectivity index is 2.47. The minimum Gasteiger partial charge on any atom is -0.469 e. The van der Waals surface area contributed by atoms with Crippen molar-refractivity contribution in [3.8, 4) is 0 Å². The predicted molar refractivity (Wildman–Crippen MR) is 89.0 cm³/mol. The summed E-state index contributed by atoms with van der Waals surface area (Å²) in [6.45, 7) is 5.90. The highest BCUT2D eigenvalue weighted by Gasteiger charge is 2.51. The van der Waals surface area contributed by atoms with Crippen molar-refractivity contribution in [1.82, 2.24) is 9.80 Å². The largest absolute Gasteiger partial charge is 0.469 e. The second-order valence-electron chi connectivity index (χ2n) is 7.06. The maximum Gasteiger partial charge on any atom is 0.308 e. The molecule has 0 saturated carbocycles. The van der Waals surface area contributed by atoms with Crippen molar-refractivity contribution < 1.29 is 19.1 Å². The molecule has 130 valence electrons. The fraction of sp³-hybridized carbons (Fsp3) is 0.500. The Morgan fingerprint density at radius 3 is 2.25 bits per heavy atom. The van der Waals surface area contributed by atoms with Gasteiger partial charge in [-0.1, -0.05) is 39.0 Å². The van der Waals surface area contributed by atoms with Crippen molar-refractivity contribution in [1.29, 1.82) is 0 Å². The molecular formula is C18H24N2O4. The minimum atomic E-state index is -0.848. The van der Waals surface area contributed by atoms with Crippen LogP contribution < -0.4 is 0 Å². The number of benzene rings is 1. The average molecular weight is 332 g/mol. The summed E-state index contributed by atoms with van der Waals surface area (Å²) in [4.78, 5) is 40.6. The number of amides is 2. The molecule has 1 aliphatic rings. The number of ether oxygens (including phenoxy) is 1. The van der Waals surface area contributed by atoms with Gasteiger partial charge in [0.05, 0.1) is 13.5 Å². The Morgan fingerprint density at radius 2 is 1.75 bits per heavy atom. The first-order valence-electron chi connectivity index (χ1n) is 7.89. The van der Waals surface area contributed by atoms with Crippen molar-refractivity contribution in [2.75, 3.05) is 14.2 Å². The Hall–Kier alpha value is -2.37. The van der Waals surface area contributed by atoms with Crippen molar-refractivity contribution in [3.05, 3.63) is 35.9 Å². The normalized spacial score (nSPS) is 21.1. The molecule has 0 spiro atoms. The molecule has 1 heterocycles. The molecule has 6 nitrogen and oxygen atoms in total. The molecule has 0 N–H and O–H groups in total. The number of likely N-dealkylation sites (N-methyl/N-ethyl adjacent to an activating group) is 1. The minimum absolute atomic E-state index is 0.148. The quantitative estimate of drug-likeness (QED) is 0.793. The van der Waals surface area contributed by atoms with Crippen LogP contribution in [0.5, 0.6) is 0 Å². The van der Waals surface area contributed by atoms with E-state index in [1.54, 1.807) is 36.2 Å². The molecule has 1 unspecified atom stereocenters. The number of carbonyl (C=O) groups is 3. The number of hydrogen-bond donors (Lipinski definition) is 0. The molecule has 1 saturated heterocycles. The summed E-state index contributed by atoms with van der Waals surface area (Å²) in [5, 5.41) is 0. The van der Waals surface area contributed by atoms with Crippen LogP contribution >= 0.6 is 0 Å². The van der Waals surface area contributed by atoms with E-state index in [-0.39, 0.29) is 23.7 Å². The Labute approximate surface area is 142 Å². The lowest BCUT2D eigenvalue weighted by atomic mass is 9.90. The molecule has 1 aliphatic heterocycles. The van der Waals surface area contributed by atoms with E-state index in [0.29, 0.717) is 5.56 Å². The molecule has 0 aromatic heterocycles. The molecule has 2 amide bonds.